The summed E-state index contributed by atoms with van der Waals surface area (Å²) in [5.74, 6) is 2.77. The first-order chi connectivity index (χ1) is 13.3. The third kappa shape index (κ3) is 2.80. The lowest BCUT2D eigenvalue weighted by Crippen LogP contribution is -2.15. The fourth-order valence-corrected chi connectivity index (χ4v) is 3.01. The maximum Gasteiger partial charge on any atom is 0.181 e. The Bertz CT molecular complexity index is 1100. The van der Waals surface area contributed by atoms with E-state index in [0.29, 0.717) is 30.6 Å². The zero-order chi connectivity index (χ0) is 18.2. The number of aromatic nitrogens is 6. The monoisotopic (exact) mass is 360 g/mol. The number of hydrogen-bond acceptors (Lipinski definition) is 6. The molecule has 1 aliphatic heterocycles. The maximum absolute atomic E-state index is 5.68. The summed E-state index contributed by atoms with van der Waals surface area (Å²) < 4.78 is 13.0. The molecular weight excluding hydrogens is 344 g/mol. The van der Waals surface area contributed by atoms with Crippen LogP contribution < -0.4 is 9.47 Å². The Hall–Kier alpha value is -3.68. The van der Waals surface area contributed by atoms with Crippen LogP contribution in [0.1, 0.15) is 5.82 Å². The summed E-state index contributed by atoms with van der Waals surface area (Å²) in [7, 11) is 0. The summed E-state index contributed by atoms with van der Waals surface area (Å²) in [6.45, 7) is 2.95. The number of rotatable bonds is 3. The van der Waals surface area contributed by atoms with Crippen LogP contribution in [0.15, 0.2) is 48.7 Å². The lowest BCUT2D eigenvalue weighted by atomic mass is 10.2. The van der Waals surface area contributed by atoms with Gasteiger partial charge in [-0.25, -0.2) is 9.67 Å². The fraction of sp³-hybridized carbons (Fsp3) is 0.158. The zero-order valence-corrected chi connectivity index (χ0v) is 14.6. The maximum atomic E-state index is 5.68. The Morgan fingerprint density at radius 1 is 1.00 bits per heavy atom. The number of fused-ring (bicyclic) bond motifs is 1. The molecule has 1 aromatic carbocycles. The van der Waals surface area contributed by atoms with Gasteiger partial charge in [0.25, 0.3) is 0 Å². The van der Waals surface area contributed by atoms with Crippen molar-refractivity contribution in [2.75, 3.05) is 13.2 Å². The molecule has 3 aromatic heterocycles. The smallest absolute Gasteiger partial charge is 0.181 e. The Morgan fingerprint density at radius 2 is 1.89 bits per heavy atom. The number of benzene rings is 1. The van der Waals surface area contributed by atoms with Gasteiger partial charge >= 0.3 is 0 Å². The SMILES string of the molecule is Cc1nc(-c2cc(-c3ccccn3)n[nH]2)n(-c2ccc3c(c2)OCCO3)n1. The molecule has 0 spiro atoms. The quantitative estimate of drug-likeness (QED) is 0.604. The minimum Gasteiger partial charge on any atom is -0.486 e. The molecule has 0 fully saturated rings. The summed E-state index contributed by atoms with van der Waals surface area (Å²) in [5.41, 5.74) is 3.14. The Balaban J connectivity index is 1.57. The van der Waals surface area contributed by atoms with E-state index in [2.05, 4.69) is 25.3 Å². The van der Waals surface area contributed by atoms with Gasteiger partial charge < -0.3 is 9.47 Å². The van der Waals surface area contributed by atoms with Crippen molar-refractivity contribution in [3.05, 3.63) is 54.5 Å². The topological polar surface area (TPSA) is 90.7 Å². The average molecular weight is 360 g/mol. The van der Waals surface area contributed by atoms with E-state index >= 15 is 0 Å². The molecule has 8 nitrogen and oxygen atoms in total. The number of pyridine rings is 1. The van der Waals surface area contributed by atoms with Gasteiger partial charge in [-0.2, -0.15) is 10.2 Å². The zero-order valence-electron chi connectivity index (χ0n) is 14.6. The summed E-state index contributed by atoms with van der Waals surface area (Å²) in [6, 6.07) is 13.4. The lowest BCUT2D eigenvalue weighted by Gasteiger charge is -2.19. The van der Waals surface area contributed by atoms with Gasteiger partial charge in [0.2, 0.25) is 0 Å². The molecule has 0 unspecified atom stereocenters. The summed E-state index contributed by atoms with van der Waals surface area (Å²) in [4.78, 5) is 8.90. The molecule has 0 atom stereocenters. The highest BCUT2D eigenvalue weighted by Gasteiger charge is 2.18. The molecule has 5 rings (SSSR count). The first kappa shape index (κ1) is 15.6. The standard InChI is InChI=1S/C19H16N6O2/c1-12-21-19(16-11-15(22-23-16)14-4-2-3-7-20-14)25(24-12)13-5-6-17-18(10-13)27-9-8-26-17/h2-7,10-11H,8-9H2,1H3,(H,22,23). The van der Waals surface area contributed by atoms with Gasteiger partial charge in [-0.3, -0.25) is 10.1 Å². The molecule has 8 heteroatoms. The van der Waals surface area contributed by atoms with Crippen LogP contribution in [0.3, 0.4) is 0 Å². The first-order valence-electron chi connectivity index (χ1n) is 8.59. The largest absolute Gasteiger partial charge is 0.486 e. The van der Waals surface area contributed by atoms with Crippen LogP contribution in [-0.2, 0) is 0 Å². The van der Waals surface area contributed by atoms with E-state index in [0.717, 1.165) is 28.5 Å². The molecule has 1 N–H and O–H groups in total. The van der Waals surface area contributed by atoms with E-state index in [1.54, 1.807) is 10.9 Å². The van der Waals surface area contributed by atoms with E-state index < -0.39 is 0 Å². The molecule has 0 saturated carbocycles. The van der Waals surface area contributed by atoms with Gasteiger partial charge in [-0.1, -0.05) is 6.07 Å². The number of aryl methyl sites for hydroxylation is 1. The highest BCUT2D eigenvalue weighted by atomic mass is 16.6. The second kappa shape index (κ2) is 6.24. The van der Waals surface area contributed by atoms with Gasteiger partial charge in [-0.15, -0.1) is 0 Å². The lowest BCUT2D eigenvalue weighted by molar-refractivity contribution is 0.171. The van der Waals surface area contributed by atoms with Gasteiger partial charge in [0.05, 0.1) is 11.4 Å². The highest BCUT2D eigenvalue weighted by Crippen LogP contribution is 2.33. The molecule has 4 aromatic rings. The van der Waals surface area contributed by atoms with Crippen molar-refractivity contribution in [2.24, 2.45) is 0 Å². The number of H-pyrrole nitrogens is 1. The molecular formula is C19H16N6O2. The molecule has 134 valence electrons. The van der Waals surface area contributed by atoms with E-state index in [-0.39, 0.29) is 0 Å². The number of aromatic amines is 1. The van der Waals surface area contributed by atoms with Crippen LogP contribution in [0.2, 0.25) is 0 Å². The van der Waals surface area contributed by atoms with Crippen molar-refractivity contribution in [3.63, 3.8) is 0 Å². The molecule has 0 aliphatic carbocycles. The highest BCUT2D eigenvalue weighted by molar-refractivity contribution is 5.63. The number of hydrogen-bond donors (Lipinski definition) is 1. The van der Waals surface area contributed by atoms with Crippen LogP contribution in [0.25, 0.3) is 28.6 Å². The predicted octanol–water partition coefficient (Wildman–Crippen LogP) is 2.80. The van der Waals surface area contributed by atoms with E-state index in [9.17, 15) is 0 Å². The van der Waals surface area contributed by atoms with Gasteiger partial charge in [-0.05, 0) is 37.3 Å². The number of ether oxygens (including phenoxy) is 2. The Kier molecular flexibility index (Phi) is 3.60. The van der Waals surface area contributed by atoms with Crippen molar-refractivity contribution in [1.29, 1.82) is 0 Å². The summed E-state index contributed by atoms with van der Waals surface area (Å²) >= 11 is 0. The van der Waals surface area contributed by atoms with Crippen molar-refractivity contribution in [3.8, 4) is 40.1 Å². The Labute approximate surface area is 154 Å². The molecule has 0 radical (unpaired) electrons. The van der Waals surface area contributed by atoms with E-state index in [1.807, 2.05) is 49.4 Å². The summed E-state index contributed by atoms with van der Waals surface area (Å²) in [5, 5.41) is 11.9. The van der Waals surface area contributed by atoms with Crippen LogP contribution in [-0.4, -0.2) is 43.2 Å². The molecule has 0 bridgehead atoms. The minimum absolute atomic E-state index is 0.535. The number of nitrogens with zero attached hydrogens (tertiary/aromatic N) is 5. The second-order valence-corrected chi connectivity index (χ2v) is 6.10. The van der Waals surface area contributed by atoms with Crippen molar-refractivity contribution in [1.82, 2.24) is 29.9 Å². The van der Waals surface area contributed by atoms with E-state index in [1.165, 1.54) is 0 Å². The molecule has 1 aliphatic rings. The molecule has 0 saturated heterocycles. The van der Waals surface area contributed by atoms with Crippen molar-refractivity contribution >= 4 is 0 Å². The van der Waals surface area contributed by atoms with Crippen LogP contribution in [0.5, 0.6) is 11.5 Å². The van der Waals surface area contributed by atoms with Crippen LogP contribution in [0.4, 0.5) is 0 Å². The normalized spacial score (nSPS) is 12.9. The van der Waals surface area contributed by atoms with E-state index in [4.69, 9.17) is 9.47 Å². The molecule has 4 heterocycles. The van der Waals surface area contributed by atoms with Crippen LogP contribution in [0, 0.1) is 6.92 Å². The number of nitrogens with one attached hydrogen (secondary N) is 1. The van der Waals surface area contributed by atoms with Gasteiger partial charge in [0, 0.05) is 12.3 Å². The second-order valence-electron chi connectivity index (χ2n) is 6.10. The predicted molar refractivity (Wildman–Crippen MR) is 97.9 cm³/mol. The van der Waals surface area contributed by atoms with Crippen molar-refractivity contribution in [2.45, 2.75) is 6.92 Å². The van der Waals surface area contributed by atoms with Gasteiger partial charge in [0.15, 0.2) is 17.3 Å². The summed E-state index contributed by atoms with van der Waals surface area (Å²) in [6.07, 6.45) is 1.74. The van der Waals surface area contributed by atoms with Crippen LogP contribution >= 0.6 is 0 Å². The average Bonchev–Trinajstić information content (AvgIpc) is 3.35. The molecule has 0 amide bonds. The minimum atomic E-state index is 0.535. The Morgan fingerprint density at radius 3 is 2.74 bits per heavy atom. The third-order valence-electron chi connectivity index (χ3n) is 4.23. The van der Waals surface area contributed by atoms with Crippen molar-refractivity contribution < 1.29 is 9.47 Å². The molecule has 27 heavy (non-hydrogen) atoms. The third-order valence-corrected chi connectivity index (χ3v) is 4.23. The van der Waals surface area contributed by atoms with Gasteiger partial charge in [0.1, 0.15) is 30.4 Å². The fourth-order valence-electron chi connectivity index (χ4n) is 3.01. The first-order valence-corrected chi connectivity index (χ1v) is 8.59.